The first-order chi connectivity index (χ1) is 4.39. The lowest BCUT2D eigenvalue weighted by molar-refractivity contribution is -0.116. The van der Waals surface area contributed by atoms with Gasteiger partial charge in [0.25, 0.3) is 5.91 Å². The second-order valence-corrected chi connectivity index (χ2v) is 1.55. The van der Waals surface area contributed by atoms with Crippen LogP contribution in [0.4, 0.5) is 0 Å². The van der Waals surface area contributed by atoms with Crippen molar-refractivity contribution < 1.29 is 4.79 Å². The molecule has 0 fully saturated rings. The van der Waals surface area contributed by atoms with Crippen molar-refractivity contribution in [2.24, 2.45) is 9.98 Å². The van der Waals surface area contributed by atoms with E-state index in [9.17, 15) is 4.79 Å². The van der Waals surface area contributed by atoms with Gasteiger partial charge in [0, 0.05) is 18.6 Å². The largest absolute Gasteiger partial charge is 0.272 e. The third-order valence-electron chi connectivity index (χ3n) is 0.848. The van der Waals surface area contributed by atoms with Gasteiger partial charge in [0.05, 0.1) is 6.42 Å². The molecule has 1 heterocycles. The van der Waals surface area contributed by atoms with Crippen LogP contribution in [0.1, 0.15) is 6.42 Å². The fourth-order valence-electron chi connectivity index (χ4n) is 0.459. The summed E-state index contributed by atoms with van der Waals surface area (Å²) in [7, 11) is 0. The van der Waals surface area contributed by atoms with Crippen LogP contribution in [0.2, 0.25) is 0 Å². The van der Waals surface area contributed by atoms with Crippen LogP contribution in [0, 0.1) is 0 Å². The number of allylic oxidation sites excluding steroid dienone is 1. The standard InChI is InChI=1S/C6H6N2O/c9-6-2-5-7-3-1-4-8-6/h1,3-5H,2H2/b3-1-,7-5?,8-4?. The van der Waals surface area contributed by atoms with E-state index in [4.69, 9.17) is 0 Å². The molecule has 3 nitrogen and oxygen atoms in total. The number of nitrogens with zero attached hydrogens (tertiary/aromatic N) is 2. The van der Waals surface area contributed by atoms with E-state index in [2.05, 4.69) is 9.98 Å². The molecule has 0 unspecified atom stereocenters. The smallest absolute Gasteiger partial charge is 0.251 e. The fraction of sp³-hybridized carbons (Fsp3) is 0.167. The second kappa shape index (κ2) is 2.91. The van der Waals surface area contributed by atoms with Crippen molar-refractivity contribution in [3.63, 3.8) is 0 Å². The highest BCUT2D eigenvalue weighted by molar-refractivity contribution is 5.96. The van der Waals surface area contributed by atoms with Gasteiger partial charge < -0.3 is 0 Å². The molecule has 0 saturated heterocycles. The first-order valence-corrected chi connectivity index (χ1v) is 2.63. The van der Waals surface area contributed by atoms with Crippen LogP contribution in [0.5, 0.6) is 0 Å². The Hall–Kier alpha value is -1.25. The van der Waals surface area contributed by atoms with Gasteiger partial charge in [-0.1, -0.05) is 0 Å². The van der Waals surface area contributed by atoms with Gasteiger partial charge in [0.2, 0.25) is 0 Å². The van der Waals surface area contributed by atoms with Crippen LogP contribution in [-0.4, -0.2) is 18.3 Å². The number of amides is 1. The molecule has 3 heteroatoms. The summed E-state index contributed by atoms with van der Waals surface area (Å²) >= 11 is 0. The van der Waals surface area contributed by atoms with E-state index in [1.54, 1.807) is 12.3 Å². The van der Waals surface area contributed by atoms with E-state index in [0.717, 1.165) is 0 Å². The predicted molar refractivity (Wildman–Crippen MR) is 35.7 cm³/mol. The Labute approximate surface area is 52.8 Å². The number of hydrogen-bond donors (Lipinski definition) is 0. The van der Waals surface area contributed by atoms with Gasteiger partial charge in [-0.3, -0.25) is 9.79 Å². The van der Waals surface area contributed by atoms with Crippen LogP contribution in [0.25, 0.3) is 0 Å². The van der Waals surface area contributed by atoms with E-state index in [1.165, 1.54) is 12.4 Å². The molecule has 1 rings (SSSR count). The van der Waals surface area contributed by atoms with E-state index in [0.29, 0.717) is 6.42 Å². The lowest BCUT2D eigenvalue weighted by Crippen LogP contribution is -1.94. The van der Waals surface area contributed by atoms with Crippen LogP contribution in [-0.2, 0) is 4.79 Å². The van der Waals surface area contributed by atoms with E-state index in [-0.39, 0.29) is 5.91 Å². The van der Waals surface area contributed by atoms with Crippen molar-refractivity contribution >= 4 is 18.3 Å². The quantitative estimate of drug-likeness (QED) is 0.463. The zero-order chi connectivity index (χ0) is 6.53. The minimum Gasteiger partial charge on any atom is -0.272 e. The molecule has 0 aromatic heterocycles. The number of carbonyl (C=O) groups excluding carboxylic acids is 1. The first kappa shape index (κ1) is 5.88. The van der Waals surface area contributed by atoms with Crippen molar-refractivity contribution in [3.05, 3.63) is 12.3 Å². The molecule has 0 aromatic rings. The highest BCUT2D eigenvalue weighted by Gasteiger charge is 1.92. The normalized spacial score (nSPS) is 21.1. The summed E-state index contributed by atoms with van der Waals surface area (Å²) < 4.78 is 0. The average molecular weight is 122 g/mol. The molecule has 0 radical (unpaired) electrons. The Morgan fingerprint density at radius 1 is 1.56 bits per heavy atom. The predicted octanol–water partition coefficient (Wildman–Crippen LogP) is 0.572. The molecule has 0 bridgehead atoms. The zero-order valence-corrected chi connectivity index (χ0v) is 4.82. The van der Waals surface area contributed by atoms with Crippen LogP contribution < -0.4 is 0 Å². The van der Waals surface area contributed by atoms with E-state index in [1.807, 2.05) is 0 Å². The molecule has 0 N–H and O–H groups in total. The summed E-state index contributed by atoms with van der Waals surface area (Å²) in [5, 5.41) is 0. The molecule has 0 aliphatic carbocycles. The fourth-order valence-corrected chi connectivity index (χ4v) is 0.459. The Kier molecular flexibility index (Phi) is 1.90. The van der Waals surface area contributed by atoms with Crippen molar-refractivity contribution in [1.82, 2.24) is 0 Å². The summed E-state index contributed by atoms with van der Waals surface area (Å²) in [4.78, 5) is 17.8. The van der Waals surface area contributed by atoms with Gasteiger partial charge in [-0.2, -0.15) is 0 Å². The minimum atomic E-state index is -0.150. The number of aliphatic imine (C=N–C) groups is 2. The molecule has 0 saturated carbocycles. The van der Waals surface area contributed by atoms with Crippen LogP contribution >= 0.6 is 0 Å². The van der Waals surface area contributed by atoms with Crippen LogP contribution in [0.3, 0.4) is 0 Å². The summed E-state index contributed by atoms with van der Waals surface area (Å²) in [6.07, 6.45) is 6.50. The number of hydrogen-bond acceptors (Lipinski definition) is 2. The van der Waals surface area contributed by atoms with E-state index >= 15 is 0 Å². The lowest BCUT2D eigenvalue weighted by atomic mass is 10.4. The van der Waals surface area contributed by atoms with Gasteiger partial charge in [0.15, 0.2) is 0 Å². The summed E-state index contributed by atoms with van der Waals surface area (Å²) in [5.41, 5.74) is 0. The van der Waals surface area contributed by atoms with Crippen molar-refractivity contribution in [1.29, 1.82) is 0 Å². The lowest BCUT2D eigenvalue weighted by Gasteiger charge is -1.86. The highest BCUT2D eigenvalue weighted by atomic mass is 16.1. The maximum atomic E-state index is 10.5. The number of carbonyl (C=O) groups is 1. The summed E-state index contributed by atoms with van der Waals surface area (Å²) in [5.74, 6) is -0.150. The molecule has 1 aliphatic heterocycles. The summed E-state index contributed by atoms with van der Waals surface area (Å²) in [6, 6.07) is 0. The van der Waals surface area contributed by atoms with Gasteiger partial charge in [-0.25, -0.2) is 4.99 Å². The first-order valence-electron chi connectivity index (χ1n) is 2.63. The molecular formula is C6H6N2O. The molecule has 1 aliphatic rings. The zero-order valence-electron chi connectivity index (χ0n) is 4.82. The van der Waals surface area contributed by atoms with Crippen molar-refractivity contribution in [3.8, 4) is 0 Å². The van der Waals surface area contributed by atoms with Gasteiger partial charge in [-0.15, -0.1) is 0 Å². The molecule has 0 aromatic carbocycles. The molecule has 0 atom stereocenters. The summed E-state index contributed by atoms with van der Waals surface area (Å²) in [6.45, 7) is 0. The SMILES string of the molecule is O=C1CC=N/C=C\C=N1. The average Bonchev–Trinajstić information content (AvgIpc) is 1.79. The molecule has 46 valence electrons. The molecular weight excluding hydrogens is 116 g/mol. The monoisotopic (exact) mass is 122 g/mol. The van der Waals surface area contributed by atoms with E-state index < -0.39 is 0 Å². The van der Waals surface area contributed by atoms with Crippen LogP contribution in [0.15, 0.2) is 22.3 Å². The Bertz CT molecular complexity index is 191. The van der Waals surface area contributed by atoms with Gasteiger partial charge >= 0.3 is 0 Å². The third kappa shape index (κ3) is 1.99. The third-order valence-corrected chi connectivity index (χ3v) is 0.848. The topological polar surface area (TPSA) is 41.8 Å². The molecule has 1 amide bonds. The molecule has 9 heavy (non-hydrogen) atoms. The molecule has 0 spiro atoms. The minimum absolute atomic E-state index is 0.150. The van der Waals surface area contributed by atoms with Gasteiger partial charge in [-0.05, 0) is 6.08 Å². The number of rotatable bonds is 0. The maximum Gasteiger partial charge on any atom is 0.251 e. The Balaban J connectivity index is 2.70. The van der Waals surface area contributed by atoms with Gasteiger partial charge in [0.1, 0.15) is 0 Å². The Morgan fingerprint density at radius 3 is 3.33 bits per heavy atom. The van der Waals surface area contributed by atoms with Crippen molar-refractivity contribution in [2.75, 3.05) is 0 Å². The van der Waals surface area contributed by atoms with Crippen molar-refractivity contribution in [2.45, 2.75) is 6.42 Å². The highest BCUT2D eigenvalue weighted by Crippen LogP contribution is 1.85. The second-order valence-electron chi connectivity index (χ2n) is 1.55. The maximum absolute atomic E-state index is 10.5. The Morgan fingerprint density at radius 2 is 2.44 bits per heavy atom.